The average molecular weight is 666 g/mol. The van der Waals surface area contributed by atoms with Gasteiger partial charge in [-0.2, -0.15) is 0 Å². The van der Waals surface area contributed by atoms with Gasteiger partial charge in [0.2, 0.25) is 5.91 Å². The minimum atomic E-state index is -0.861. The Morgan fingerprint density at radius 3 is 2.30 bits per heavy atom. The molecule has 1 amide bonds. The summed E-state index contributed by atoms with van der Waals surface area (Å²) < 4.78 is 31.6. The molecule has 0 atom stereocenters. The second-order valence-electron chi connectivity index (χ2n) is 9.46. The monoisotopic (exact) mass is 665 g/mol. The molecular formula is C29H18BrF2N5O5S. The van der Waals surface area contributed by atoms with E-state index in [2.05, 4.69) is 20.9 Å². The molecule has 0 saturated heterocycles. The van der Waals surface area contributed by atoms with Gasteiger partial charge >= 0.3 is 5.69 Å². The molecule has 4 heterocycles. The van der Waals surface area contributed by atoms with E-state index in [1.165, 1.54) is 53.6 Å². The number of anilines is 1. The fraction of sp³-hybridized carbons (Fsp3) is 0.103. The number of nitro groups is 1. The summed E-state index contributed by atoms with van der Waals surface area (Å²) in [6.45, 7) is -0.519. The van der Waals surface area contributed by atoms with Gasteiger partial charge in [0.15, 0.2) is 0 Å². The number of amides is 1. The molecule has 43 heavy (non-hydrogen) atoms. The number of carbonyl (C=O) groups is 1. The lowest BCUT2D eigenvalue weighted by Gasteiger charge is -2.15. The van der Waals surface area contributed by atoms with E-state index in [4.69, 9.17) is 0 Å². The van der Waals surface area contributed by atoms with Crippen molar-refractivity contribution in [2.45, 2.75) is 18.3 Å². The highest BCUT2D eigenvalue weighted by molar-refractivity contribution is 9.08. The summed E-state index contributed by atoms with van der Waals surface area (Å²) in [6.07, 6.45) is 4.75. The molecule has 0 aliphatic carbocycles. The molecule has 0 bridgehead atoms. The predicted octanol–water partition coefficient (Wildman–Crippen LogP) is 5.66. The molecule has 14 heteroatoms. The van der Waals surface area contributed by atoms with Crippen molar-refractivity contribution in [3.63, 3.8) is 0 Å². The Morgan fingerprint density at radius 2 is 1.72 bits per heavy atom. The van der Waals surface area contributed by atoms with Gasteiger partial charge in [0.05, 0.1) is 28.7 Å². The van der Waals surface area contributed by atoms with Crippen LogP contribution < -0.4 is 16.1 Å². The number of carbonyl (C=O) groups excluding carboxylic acids is 1. The number of hydrogen-bond donors (Lipinski definition) is 0. The van der Waals surface area contributed by atoms with Gasteiger partial charge in [-0.3, -0.25) is 29.2 Å². The van der Waals surface area contributed by atoms with Crippen LogP contribution in [-0.2, 0) is 16.7 Å². The van der Waals surface area contributed by atoms with Crippen LogP contribution in [0.3, 0.4) is 0 Å². The van der Waals surface area contributed by atoms with Crippen LogP contribution in [-0.4, -0.2) is 24.9 Å². The zero-order valence-corrected chi connectivity index (χ0v) is 24.3. The fourth-order valence-corrected chi connectivity index (χ4v) is 6.93. The highest BCUT2D eigenvalue weighted by Gasteiger charge is 2.25. The molecule has 5 aromatic rings. The van der Waals surface area contributed by atoms with E-state index in [0.717, 1.165) is 32.6 Å². The second kappa shape index (κ2) is 11.1. The number of non-ortho nitro benzene ring substituents is 1. The molecule has 0 radical (unpaired) electrons. The minimum Gasteiger partial charge on any atom is -0.279 e. The number of benzene rings is 2. The molecule has 2 aromatic carbocycles. The lowest BCUT2D eigenvalue weighted by atomic mass is 10.1. The standard InChI is InChI=1S/C29H18BrF2N5O5S/c30-13-19-25-27(39)36(18-10-11-23(33-14-18)34-12-2-5-24(34)38)29(40)35(15-20-21(31)3-1-4-22(20)32)28(25)43-26(19)16-6-8-17(9-7-16)37(41)42/h1-4,6-12,14H,5,13,15H2. The molecule has 0 N–H and O–H groups in total. The molecular weight excluding hydrogens is 648 g/mol. The van der Waals surface area contributed by atoms with Crippen LogP contribution in [0.1, 0.15) is 17.5 Å². The Balaban J connectivity index is 1.61. The molecule has 1 aliphatic heterocycles. The van der Waals surface area contributed by atoms with E-state index in [-0.39, 0.29) is 44.8 Å². The number of halogens is 3. The van der Waals surface area contributed by atoms with Gasteiger partial charge in [0.1, 0.15) is 22.3 Å². The van der Waals surface area contributed by atoms with Gasteiger partial charge in [-0.15, -0.1) is 11.3 Å². The van der Waals surface area contributed by atoms with Crippen molar-refractivity contribution in [2.75, 3.05) is 4.90 Å². The largest absolute Gasteiger partial charge is 0.337 e. The molecule has 0 spiro atoms. The van der Waals surface area contributed by atoms with E-state index in [0.29, 0.717) is 21.8 Å². The topological polar surface area (TPSA) is 120 Å². The number of fused-ring (bicyclic) bond motifs is 1. The number of rotatable bonds is 7. The summed E-state index contributed by atoms with van der Waals surface area (Å²) in [4.78, 5) is 57.1. The molecule has 0 unspecified atom stereocenters. The highest BCUT2D eigenvalue weighted by Crippen LogP contribution is 2.39. The fourth-order valence-electron chi connectivity index (χ4n) is 4.87. The first-order valence-electron chi connectivity index (χ1n) is 12.7. The van der Waals surface area contributed by atoms with Crippen LogP contribution in [0.4, 0.5) is 20.3 Å². The summed E-state index contributed by atoms with van der Waals surface area (Å²) in [6, 6.07) is 12.0. The Bertz CT molecular complexity index is 2070. The van der Waals surface area contributed by atoms with Crippen LogP contribution in [0.2, 0.25) is 0 Å². The van der Waals surface area contributed by atoms with Gasteiger partial charge in [-0.1, -0.05) is 28.1 Å². The van der Waals surface area contributed by atoms with Crippen LogP contribution in [0.15, 0.2) is 82.7 Å². The molecule has 0 fully saturated rings. The summed E-state index contributed by atoms with van der Waals surface area (Å²) in [5, 5.41) is 11.5. The number of hydrogen-bond acceptors (Lipinski definition) is 7. The normalized spacial score (nSPS) is 12.9. The summed E-state index contributed by atoms with van der Waals surface area (Å²) in [5.41, 5.74) is -0.899. The Kier molecular flexibility index (Phi) is 7.31. The van der Waals surface area contributed by atoms with E-state index in [1.807, 2.05) is 0 Å². The van der Waals surface area contributed by atoms with E-state index in [1.54, 1.807) is 12.3 Å². The first-order valence-corrected chi connectivity index (χ1v) is 14.6. The third-order valence-electron chi connectivity index (χ3n) is 6.98. The molecule has 10 nitrogen and oxygen atoms in total. The molecule has 216 valence electrons. The molecule has 3 aromatic heterocycles. The van der Waals surface area contributed by atoms with Gasteiger partial charge in [0, 0.05) is 40.5 Å². The van der Waals surface area contributed by atoms with Crippen LogP contribution >= 0.6 is 27.3 Å². The Morgan fingerprint density at radius 1 is 1.00 bits per heavy atom. The van der Waals surface area contributed by atoms with E-state index < -0.39 is 34.4 Å². The van der Waals surface area contributed by atoms with Gasteiger partial charge in [-0.25, -0.2) is 23.1 Å². The predicted molar refractivity (Wildman–Crippen MR) is 161 cm³/mol. The number of alkyl halides is 1. The van der Waals surface area contributed by atoms with E-state index >= 15 is 0 Å². The number of pyridine rings is 1. The van der Waals surface area contributed by atoms with Crippen molar-refractivity contribution in [2.24, 2.45) is 0 Å². The maximum Gasteiger partial charge on any atom is 0.337 e. The van der Waals surface area contributed by atoms with Crippen molar-refractivity contribution in [1.29, 1.82) is 0 Å². The summed E-state index contributed by atoms with van der Waals surface area (Å²) in [7, 11) is 0. The first-order chi connectivity index (χ1) is 20.7. The lowest BCUT2D eigenvalue weighted by molar-refractivity contribution is -0.384. The van der Waals surface area contributed by atoms with Gasteiger partial charge in [-0.05, 0) is 47.5 Å². The van der Waals surface area contributed by atoms with Crippen LogP contribution in [0.25, 0.3) is 26.3 Å². The Hall–Kier alpha value is -4.82. The third-order valence-corrected chi connectivity index (χ3v) is 8.84. The number of nitrogens with zero attached hydrogens (tertiary/aromatic N) is 5. The highest BCUT2D eigenvalue weighted by atomic mass is 79.9. The second-order valence-corrected chi connectivity index (χ2v) is 11.0. The van der Waals surface area contributed by atoms with Crippen molar-refractivity contribution in [3.05, 3.63) is 127 Å². The number of aromatic nitrogens is 3. The van der Waals surface area contributed by atoms with Crippen molar-refractivity contribution >= 4 is 54.9 Å². The Labute approximate surface area is 253 Å². The van der Waals surface area contributed by atoms with Crippen LogP contribution in [0, 0.1) is 21.7 Å². The summed E-state index contributed by atoms with van der Waals surface area (Å²) >= 11 is 4.49. The smallest absolute Gasteiger partial charge is 0.279 e. The zero-order chi connectivity index (χ0) is 30.4. The molecule has 6 rings (SSSR count). The van der Waals surface area contributed by atoms with Gasteiger partial charge < -0.3 is 0 Å². The summed E-state index contributed by atoms with van der Waals surface area (Å²) in [5.74, 6) is -1.62. The van der Waals surface area contributed by atoms with Crippen LogP contribution in [0.5, 0.6) is 0 Å². The van der Waals surface area contributed by atoms with Crippen molar-refractivity contribution < 1.29 is 18.5 Å². The van der Waals surface area contributed by atoms with Crippen molar-refractivity contribution in [3.8, 4) is 16.1 Å². The van der Waals surface area contributed by atoms with Gasteiger partial charge in [0.25, 0.3) is 11.2 Å². The molecule has 0 saturated carbocycles. The minimum absolute atomic E-state index is 0.0858. The van der Waals surface area contributed by atoms with E-state index in [9.17, 15) is 33.3 Å². The maximum atomic E-state index is 14.8. The zero-order valence-electron chi connectivity index (χ0n) is 21.9. The SMILES string of the molecule is O=C1CC=CN1c1ccc(-n2c(=O)c3c(CBr)c(-c4ccc([N+](=O)[O-])cc4)sc3n(Cc3c(F)cccc3F)c2=O)cn1. The van der Waals surface area contributed by atoms with Crippen molar-refractivity contribution in [1.82, 2.24) is 14.1 Å². The average Bonchev–Trinajstić information content (AvgIpc) is 3.61. The quantitative estimate of drug-likeness (QED) is 0.126. The maximum absolute atomic E-state index is 14.8. The first kappa shape index (κ1) is 28.3. The third kappa shape index (κ3) is 4.87. The molecule has 1 aliphatic rings. The number of thiophene rings is 1. The lowest BCUT2D eigenvalue weighted by Crippen LogP contribution is -2.39. The number of nitro benzene ring substituents is 1.